The van der Waals surface area contributed by atoms with Crippen molar-refractivity contribution < 1.29 is 4.92 Å². The van der Waals surface area contributed by atoms with E-state index in [1.165, 1.54) is 12.8 Å². The number of nitrogens with one attached hydrogen (secondary N) is 1. The number of pyridine rings is 1. The predicted molar refractivity (Wildman–Crippen MR) is 83.8 cm³/mol. The molecule has 0 amide bonds. The highest BCUT2D eigenvalue weighted by molar-refractivity contribution is 5.50. The van der Waals surface area contributed by atoms with Crippen molar-refractivity contribution in [2.75, 3.05) is 24.5 Å². The third kappa shape index (κ3) is 4.14. The quantitative estimate of drug-likeness (QED) is 0.644. The summed E-state index contributed by atoms with van der Waals surface area (Å²) < 4.78 is 0. The van der Waals surface area contributed by atoms with Crippen LogP contribution < -0.4 is 10.2 Å². The zero-order valence-corrected chi connectivity index (χ0v) is 12.8. The number of aryl methyl sites for hydroxylation is 1. The highest BCUT2D eigenvalue weighted by Gasteiger charge is 2.20. The molecule has 21 heavy (non-hydrogen) atoms. The van der Waals surface area contributed by atoms with E-state index >= 15 is 0 Å². The average Bonchev–Trinajstić information content (AvgIpc) is 2.48. The first kappa shape index (κ1) is 15.7. The topological polar surface area (TPSA) is 71.3 Å². The molecule has 0 aromatic carbocycles. The fourth-order valence-electron chi connectivity index (χ4n) is 2.79. The van der Waals surface area contributed by atoms with Gasteiger partial charge in [0, 0.05) is 30.9 Å². The van der Waals surface area contributed by atoms with Crippen LogP contribution in [0.1, 0.15) is 38.2 Å². The van der Waals surface area contributed by atoms with E-state index in [2.05, 4.69) is 22.1 Å². The monoisotopic (exact) mass is 292 g/mol. The van der Waals surface area contributed by atoms with E-state index in [9.17, 15) is 10.1 Å². The lowest BCUT2D eigenvalue weighted by atomic mass is 10.0. The molecule has 1 aliphatic rings. The molecule has 0 bridgehead atoms. The van der Waals surface area contributed by atoms with Gasteiger partial charge >= 0.3 is 0 Å². The van der Waals surface area contributed by atoms with Crippen LogP contribution in [0.3, 0.4) is 0 Å². The van der Waals surface area contributed by atoms with Crippen LogP contribution in [0.25, 0.3) is 0 Å². The number of rotatable bonds is 6. The van der Waals surface area contributed by atoms with Crippen molar-refractivity contribution in [1.29, 1.82) is 0 Å². The number of hydrogen-bond acceptors (Lipinski definition) is 5. The lowest BCUT2D eigenvalue weighted by Gasteiger charge is -2.31. The molecule has 0 saturated carbocycles. The van der Waals surface area contributed by atoms with E-state index in [0.717, 1.165) is 32.5 Å². The molecule has 1 fully saturated rings. The van der Waals surface area contributed by atoms with Crippen molar-refractivity contribution in [3.05, 3.63) is 27.9 Å². The molecule has 6 nitrogen and oxygen atoms in total. The van der Waals surface area contributed by atoms with Crippen LogP contribution in [0.2, 0.25) is 0 Å². The van der Waals surface area contributed by atoms with Crippen LogP contribution in [0.4, 0.5) is 11.5 Å². The smallest absolute Gasteiger partial charge is 0.277 e. The summed E-state index contributed by atoms with van der Waals surface area (Å²) in [6, 6.07) is 2.06. The first-order valence-electron chi connectivity index (χ1n) is 7.71. The minimum atomic E-state index is -0.330. The summed E-state index contributed by atoms with van der Waals surface area (Å²) in [4.78, 5) is 17.3. The van der Waals surface area contributed by atoms with Crippen LogP contribution in [-0.2, 0) is 0 Å². The molecule has 2 rings (SSSR count). The molecule has 1 aliphatic heterocycles. The van der Waals surface area contributed by atoms with Gasteiger partial charge in [-0.1, -0.05) is 13.3 Å². The van der Waals surface area contributed by atoms with Crippen molar-refractivity contribution in [2.24, 2.45) is 0 Å². The molecule has 2 heterocycles. The van der Waals surface area contributed by atoms with Crippen LogP contribution in [-0.4, -0.2) is 35.6 Å². The summed E-state index contributed by atoms with van der Waals surface area (Å²) in [6.07, 6.45) is 6.24. The van der Waals surface area contributed by atoms with E-state index in [-0.39, 0.29) is 10.6 Å². The Balaban J connectivity index is 2.16. The number of hydrogen-bond donors (Lipinski definition) is 1. The number of aromatic nitrogens is 1. The number of anilines is 1. The maximum atomic E-state index is 11.1. The number of nitrogens with zero attached hydrogens (tertiary/aromatic N) is 3. The van der Waals surface area contributed by atoms with Gasteiger partial charge in [0.1, 0.15) is 5.82 Å². The normalized spacial score (nSPS) is 18.5. The first-order valence-corrected chi connectivity index (χ1v) is 7.71. The van der Waals surface area contributed by atoms with E-state index in [0.29, 0.717) is 17.4 Å². The molecule has 1 aromatic rings. The lowest BCUT2D eigenvalue weighted by molar-refractivity contribution is -0.385. The van der Waals surface area contributed by atoms with Gasteiger partial charge in [-0.15, -0.1) is 0 Å². The molecule has 6 heteroatoms. The van der Waals surface area contributed by atoms with Crippen molar-refractivity contribution in [3.8, 4) is 0 Å². The second-order valence-electron chi connectivity index (χ2n) is 5.68. The molecule has 1 saturated heterocycles. The van der Waals surface area contributed by atoms with E-state index in [4.69, 9.17) is 0 Å². The van der Waals surface area contributed by atoms with Crippen LogP contribution in [0.15, 0.2) is 12.3 Å². The fourth-order valence-corrected chi connectivity index (χ4v) is 2.79. The van der Waals surface area contributed by atoms with Crippen molar-refractivity contribution >= 4 is 11.5 Å². The second-order valence-corrected chi connectivity index (χ2v) is 5.68. The van der Waals surface area contributed by atoms with Gasteiger partial charge in [-0.25, -0.2) is 4.98 Å². The Hall–Kier alpha value is -1.69. The summed E-state index contributed by atoms with van der Waals surface area (Å²) in [5.74, 6) is 0.710. The van der Waals surface area contributed by atoms with E-state index in [1.807, 2.05) is 0 Å². The predicted octanol–water partition coefficient (Wildman–Crippen LogP) is 2.66. The van der Waals surface area contributed by atoms with Gasteiger partial charge < -0.3 is 10.2 Å². The molecule has 0 aliphatic carbocycles. The van der Waals surface area contributed by atoms with Crippen molar-refractivity contribution in [1.82, 2.24) is 10.3 Å². The highest BCUT2D eigenvalue weighted by atomic mass is 16.6. The summed E-state index contributed by atoms with van der Waals surface area (Å²) in [5, 5.41) is 14.6. The molecule has 1 aromatic heterocycles. The SMILES string of the molecule is CCCN(CC1CCCCN1)c1cc([N+](=O)[O-])c(C)cn1. The maximum absolute atomic E-state index is 11.1. The van der Waals surface area contributed by atoms with Crippen LogP contribution >= 0.6 is 0 Å². The molecule has 1 unspecified atom stereocenters. The van der Waals surface area contributed by atoms with Crippen molar-refractivity contribution in [2.45, 2.75) is 45.6 Å². The number of nitro groups is 1. The Morgan fingerprint density at radius 2 is 2.33 bits per heavy atom. The fraction of sp³-hybridized carbons (Fsp3) is 0.667. The van der Waals surface area contributed by atoms with Gasteiger partial charge in [-0.05, 0) is 32.7 Å². The molecule has 1 atom stereocenters. The molecule has 116 valence electrons. The van der Waals surface area contributed by atoms with Crippen molar-refractivity contribution in [3.63, 3.8) is 0 Å². The van der Waals surface area contributed by atoms with Gasteiger partial charge in [0.15, 0.2) is 0 Å². The Morgan fingerprint density at radius 3 is 2.95 bits per heavy atom. The average molecular weight is 292 g/mol. The second kappa shape index (κ2) is 7.36. The largest absolute Gasteiger partial charge is 0.355 e. The molecule has 1 N–H and O–H groups in total. The Kier molecular flexibility index (Phi) is 5.50. The van der Waals surface area contributed by atoms with Gasteiger partial charge in [0.2, 0.25) is 0 Å². The number of piperidine rings is 1. The van der Waals surface area contributed by atoms with Crippen LogP contribution in [0, 0.1) is 17.0 Å². The molecular weight excluding hydrogens is 268 g/mol. The third-order valence-electron chi connectivity index (χ3n) is 3.93. The minimum absolute atomic E-state index is 0.151. The minimum Gasteiger partial charge on any atom is -0.355 e. The van der Waals surface area contributed by atoms with Gasteiger partial charge in [0.25, 0.3) is 5.69 Å². The van der Waals surface area contributed by atoms with E-state index in [1.54, 1.807) is 19.2 Å². The Bertz CT molecular complexity index is 487. The summed E-state index contributed by atoms with van der Waals surface area (Å²) in [7, 11) is 0. The molecular formula is C15H24N4O2. The Morgan fingerprint density at radius 1 is 1.52 bits per heavy atom. The van der Waals surface area contributed by atoms with Gasteiger partial charge in [-0.3, -0.25) is 10.1 Å². The van der Waals surface area contributed by atoms with Gasteiger partial charge in [0.05, 0.1) is 11.0 Å². The van der Waals surface area contributed by atoms with Gasteiger partial charge in [-0.2, -0.15) is 0 Å². The summed E-state index contributed by atoms with van der Waals surface area (Å²) in [6.45, 7) is 6.63. The zero-order valence-electron chi connectivity index (χ0n) is 12.8. The standard InChI is InChI=1S/C15H24N4O2/c1-3-8-18(11-13-6-4-5-7-16-13)15-9-14(19(20)21)12(2)10-17-15/h9-10,13,16H,3-8,11H2,1-2H3. The summed E-state index contributed by atoms with van der Waals surface area (Å²) in [5.41, 5.74) is 0.758. The molecule has 0 radical (unpaired) electrons. The lowest BCUT2D eigenvalue weighted by Crippen LogP contribution is -2.44. The zero-order chi connectivity index (χ0) is 15.2. The Labute approximate surface area is 125 Å². The maximum Gasteiger partial charge on any atom is 0.277 e. The molecule has 0 spiro atoms. The first-order chi connectivity index (χ1) is 10.1. The summed E-state index contributed by atoms with van der Waals surface area (Å²) >= 11 is 0. The van der Waals surface area contributed by atoms with E-state index < -0.39 is 0 Å². The third-order valence-corrected chi connectivity index (χ3v) is 3.93. The van der Waals surface area contributed by atoms with Crippen LogP contribution in [0.5, 0.6) is 0 Å². The highest BCUT2D eigenvalue weighted by Crippen LogP contribution is 2.23.